The Hall–Kier alpha value is -2.85. The lowest BCUT2D eigenvalue weighted by molar-refractivity contribution is -0.0847. The maximum absolute atomic E-state index is 13.3. The molecule has 0 amide bonds. The fourth-order valence-corrected chi connectivity index (χ4v) is 4.28. The molecule has 1 aliphatic rings. The highest BCUT2D eigenvalue weighted by molar-refractivity contribution is 6.30. The van der Waals surface area contributed by atoms with Gasteiger partial charge in [-0.25, -0.2) is 4.98 Å². The lowest BCUT2D eigenvalue weighted by Gasteiger charge is -2.31. The summed E-state index contributed by atoms with van der Waals surface area (Å²) in [6.45, 7) is 0.854. The van der Waals surface area contributed by atoms with Crippen molar-refractivity contribution in [3.8, 4) is 0 Å². The molecule has 4 rings (SSSR count). The van der Waals surface area contributed by atoms with Crippen LogP contribution in [0.3, 0.4) is 0 Å². The third-order valence-corrected chi connectivity index (χ3v) is 6.37. The number of nitrogens with two attached hydrogens (primary N) is 1. The monoisotopic (exact) mass is 494 g/mol. The number of imidazole rings is 1. The summed E-state index contributed by atoms with van der Waals surface area (Å²) in [6.07, 6.45) is -0.955. The minimum atomic E-state index is -4.67. The molecule has 34 heavy (non-hydrogen) atoms. The van der Waals surface area contributed by atoms with E-state index in [0.29, 0.717) is 37.7 Å². The minimum absolute atomic E-state index is 0.0893. The maximum Gasteiger partial charge on any atom is 0.426 e. The van der Waals surface area contributed by atoms with Crippen LogP contribution in [0, 0.1) is 0 Å². The van der Waals surface area contributed by atoms with Crippen LogP contribution in [0.15, 0.2) is 46.2 Å². The Morgan fingerprint density at radius 3 is 2.65 bits per heavy atom. The lowest BCUT2D eigenvalue weighted by Crippen LogP contribution is -2.44. The molecule has 7 nitrogen and oxygen atoms in total. The van der Waals surface area contributed by atoms with E-state index in [1.54, 1.807) is 7.05 Å². The van der Waals surface area contributed by atoms with Gasteiger partial charge in [-0.05, 0) is 30.9 Å². The Balaban J connectivity index is 1.77. The Labute approximate surface area is 199 Å². The molecule has 2 aromatic heterocycles. The first kappa shape index (κ1) is 24.3. The standard InChI is InChI=1S/C23H26ClF3N6O/c1-31-18(10-9-15-6-3-2-4-7-15)29-20-19(21(31)34)33(13-11-17(24)23(25,26)27)22(30-20)32-12-5-8-16(28)14-32/h2-4,6-7,11,16H,5,8-10,12-14,28H2,1H3. The number of nitrogens with zero attached hydrogens (tertiary/aromatic N) is 5. The first-order valence-electron chi connectivity index (χ1n) is 11.1. The molecule has 1 aliphatic heterocycles. The van der Waals surface area contributed by atoms with Gasteiger partial charge in [0.05, 0.1) is 0 Å². The Morgan fingerprint density at radius 1 is 1.24 bits per heavy atom. The average Bonchev–Trinajstić information content (AvgIpc) is 3.17. The van der Waals surface area contributed by atoms with Gasteiger partial charge in [0.2, 0.25) is 5.95 Å². The summed E-state index contributed by atoms with van der Waals surface area (Å²) in [5, 5.41) is -1.25. The number of halogens is 4. The van der Waals surface area contributed by atoms with Crippen LogP contribution >= 0.6 is 11.6 Å². The van der Waals surface area contributed by atoms with Gasteiger partial charge in [0.1, 0.15) is 10.9 Å². The first-order chi connectivity index (χ1) is 16.1. The Morgan fingerprint density at radius 2 is 1.97 bits per heavy atom. The molecule has 0 aliphatic carbocycles. The minimum Gasteiger partial charge on any atom is -0.341 e. The van der Waals surface area contributed by atoms with Gasteiger partial charge in [0.15, 0.2) is 11.2 Å². The van der Waals surface area contributed by atoms with Crippen molar-refractivity contribution in [2.45, 2.75) is 44.4 Å². The number of fused-ring (bicyclic) bond motifs is 1. The normalized spacial score (nSPS) is 17.5. The molecule has 11 heteroatoms. The second-order valence-corrected chi connectivity index (χ2v) is 8.88. The van der Waals surface area contributed by atoms with Crippen molar-refractivity contribution < 1.29 is 13.2 Å². The Bertz CT molecular complexity index is 1250. The molecule has 182 valence electrons. The van der Waals surface area contributed by atoms with Crippen molar-refractivity contribution in [2.75, 3.05) is 18.0 Å². The second-order valence-electron chi connectivity index (χ2n) is 8.47. The summed E-state index contributed by atoms with van der Waals surface area (Å²) in [4.78, 5) is 24.4. The highest BCUT2D eigenvalue weighted by atomic mass is 35.5. The van der Waals surface area contributed by atoms with E-state index in [1.165, 1.54) is 9.13 Å². The highest BCUT2D eigenvalue weighted by Gasteiger charge is 2.32. The number of hydrogen-bond donors (Lipinski definition) is 1. The van der Waals surface area contributed by atoms with E-state index >= 15 is 0 Å². The van der Waals surface area contributed by atoms with E-state index in [-0.39, 0.29) is 29.3 Å². The topological polar surface area (TPSA) is 82.0 Å². The van der Waals surface area contributed by atoms with Crippen LogP contribution in [0.2, 0.25) is 0 Å². The third-order valence-electron chi connectivity index (χ3n) is 6.00. The van der Waals surface area contributed by atoms with E-state index in [2.05, 4.69) is 9.97 Å². The zero-order valence-electron chi connectivity index (χ0n) is 18.7. The molecule has 1 unspecified atom stereocenters. The number of allylic oxidation sites excluding steroid dienone is 2. The van der Waals surface area contributed by atoms with E-state index in [9.17, 15) is 18.0 Å². The van der Waals surface area contributed by atoms with Crippen LogP contribution in [0.25, 0.3) is 11.2 Å². The molecule has 3 heterocycles. The first-order valence-corrected chi connectivity index (χ1v) is 11.5. The predicted octanol–water partition coefficient (Wildman–Crippen LogP) is 3.53. The number of aryl methyl sites for hydroxylation is 2. The number of aromatic nitrogens is 4. The second kappa shape index (κ2) is 9.79. The number of alkyl halides is 3. The molecule has 3 aromatic rings. The number of piperidine rings is 1. The van der Waals surface area contributed by atoms with Gasteiger partial charge >= 0.3 is 6.18 Å². The molecule has 1 saturated heterocycles. The molecule has 1 atom stereocenters. The van der Waals surface area contributed by atoms with Crippen LogP contribution in [0.4, 0.5) is 19.1 Å². The van der Waals surface area contributed by atoms with Crippen molar-refractivity contribution in [2.24, 2.45) is 12.8 Å². The SMILES string of the molecule is Cn1c(CCc2ccccc2)nc2nc(N3CCCC(N)C3)n(CC=C(Cl)C(F)(F)F)c2c1=O. The van der Waals surface area contributed by atoms with Gasteiger partial charge in [0, 0.05) is 39.1 Å². The molecule has 1 aromatic carbocycles. The van der Waals surface area contributed by atoms with Gasteiger partial charge < -0.3 is 15.2 Å². The van der Waals surface area contributed by atoms with Crippen molar-refractivity contribution in [3.05, 3.63) is 63.2 Å². The van der Waals surface area contributed by atoms with Crippen molar-refractivity contribution in [1.82, 2.24) is 19.1 Å². The number of benzene rings is 1. The summed E-state index contributed by atoms with van der Waals surface area (Å²) < 4.78 is 41.9. The van der Waals surface area contributed by atoms with Gasteiger partial charge in [-0.1, -0.05) is 41.9 Å². The van der Waals surface area contributed by atoms with Crippen LogP contribution < -0.4 is 16.2 Å². The van der Waals surface area contributed by atoms with Crippen LogP contribution in [-0.2, 0) is 26.4 Å². The van der Waals surface area contributed by atoms with Crippen molar-refractivity contribution >= 4 is 28.7 Å². The fraction of sp³-hybridized carbons (Fsp3) is 0.435. The summed E-state index contributed by atoms with van der Waals surface area (Å²) in [5.41, 5.74) is 7.20. The lowest BCUT2D eigenvalue weighted by atomic mass is 10.1. The fourth-order valence-electron chi connectivity index (χ4n) is 4.21. The number of hydrogen-bond acceptors (Lipinski definition) is 5. The summed E-state index contributed by atoms with van der Waals surface area (Å²) >= 11 is 5.45. The van der Waals surface area contributed by atoms with E-state index in [0.717, 1.165) is 24.5 Å². The molecular weight excluding hydrogens is 469 g/mol. The molecule has 0 spiro atoms. The number of anilines is 1. The summed E-state index contributed by atoms with van der Waals surface area (Å²) in [6, 6.07) is 9.74. The predicted molar refractivity (Wildman–Crippen MR) is 126 cm³/mol. The Kier molecular flexibility index (Phi) is 6.99. The molecule has 1 fully saturated rings. The zero-order chi connectivity index (χ0) is 24.5. The quantitative estimate of drug-likeness (QED) is 0.567. The van der Waals surface area contributed by atoms with Crippen molar-refractivity contribution in [1.29, 1.82) is 0 Å². The highest BCUT2D eigenvalue weighted by Crippen LogP contribution is 2.29. The summed E-state index contributed by atoms with van der Waals surface area (Å²) in [7, 11) is 1.61. The van der Waals surface area contributed by atoms with E-state index in [4.69, 9.17) is 17.3 Å². The molecular formula is C23H26ClF3N6O. The molecule has 0 bridgehead atoms. The van der Waals surface area contributed by atoms with Crippen LogP contribution in [0.5, 0.6) is 0 Å². The third kappa shape index (κ3) is 5.12. The molecule has 2 N–H and O–H groups in total. The average molecular weight is 495 g/mol. The largest absolute Gasteiger partial charge is 0.426 e. The zero-order valence-corrected chi connectivity index (χ0v) is 19.5. The smallest absolute Gasteiger partial charge is 0.341 e. The number of rotatable bonds is 6. The molecule has 0 saturated carbocycles. The van der Waals surface area contributed by atoms with Gasteiger partial charge in [-0.3, -0.25) is 9.36 Å². The van der Waals surface area contributed by atoms with Crippen molar-refractivity contribution in [3.63, 3.8) is 0 Å². The van der Waals surface area contributed by atoms with Gasteiger partial charge in [-0.2, -0.15) is 18.2 Å². The van der Waals surface area contributed by atoms with Crippen LogP contribution in [-0.4, -0.2) is 44.4 Å². The van der Waals surface area contributed by atoms with Gasteiger partial charge in [0.25, 0.3) is 5.56 Å². The van der Waals surface area contributed by atoms with Gasteiger partial charge in [-0.15, -0.1) is 0 Å². The maximum atomic E-state index is 13.3. The summed E-state index contributed by atoms with van der Waals surface area (Å²) in [5.74, 6) is 0.926. The van der Waals surface area contributed by atoms with E-state index in [1.807, 2.05) is 35.2 Å². The van der Waals surface area contributed by atoms with Crippen LogP contribution in [0.1, 0.15) is 24.2 Å². The van der Waals surface area contributed by atoms with E-state index < -0.39 is 11.2 Å². The molecule has 0 radical (unpaired) electrons.